The summed E-state index contributed by atoms with van der Waals surface area (Å²) in [6.07, 6.45) is -0.772. The van der Waals surface area contributed by atoms with Gasteiger partial charge in [0.25, 0.3) is 0 Å². The summed E-state index contributed by atoms with van der Waals surface area (Å²) in [6.45, 7) is 2.87. The van der Waals surface area contributed by atoms with Crippen molar-refractivity contribution in [3.8, 4) is 11.4 Å². The molecule has 1 aliphatic rings. The second-order valence-electron chi connectivity index (χ2n) is 5.91. The fourth-order valence-electron chi connectivity index (χ4n) is 2.67. The number of aromatic nitrogens is 3. The molecule has 1 aromatic carbocycles. The van der Waals surface area contributed by atoms with Crippen LogP contribution in [0, 0.1) is 11.7 Å². The second kappa shape index (κ2) is 7.16. The van der Waals surface area contributed by atoms with E-state index in [4.69, 9.17) is 22.7 Å². The Labute approximate surface area is 149 Å². The van der Waals surface area contributed by atoms with E-state index in [1.54, 1.807) is 9.47 Å². The molecule has 0 spiro atoms. The predicted octanol–water partition coefficient (Wildman–Crippen LogP) is 0.629. The Balaban J connectivity index is 1.80. The smallest absolute Gasteiger partial charge is 0.248 e. The number of morpholine rings is 1. The molecule has 1 aromatic heterocycles. The highest BCUT2D eigenvalue weighted by Gasteiger charge is 2.28. The highest BCUT2D eigenvalue weighted by molar-refractivity contribution is 7.71. The Bertz CT molecular complexity index is 842. The lowest BCUT2D eigenvalue weighted by Crippen LogP contribution is -2.51. The van der Waals surface area contributed by atoms with Gasteiger partial charge in [-0.1, -0.05) is 29.8 Å². The number of aryl methyl sites for hydroxylation is 1. The third kappa shape index (κ3) is 3.77. The van der Waals surface area contributed by atoms with E-state index < -0.39 is 12.0 Å². The van der Waals surface area contributed by atoms with E-state index in [1.807, 2.05) is 31.2 Å². The fraction of sp³-hybridized carbons (Fsp3) is 0.375. The van der Waals surface area contributed by atoms with Crippen LogP contribution in [0.2, 0.25) is 0 Å². The van der Waals surface area contributed by atoms with Crippen LogP contribution in [-0.2, 0) is 20.9 Å². The first kappa shape index (κ1) is 17.3. The summed E-state index contributed by atoms with van der Waals surface area (Å²) in [4.78, 5) is 25.5. The Morgan fingerprint density at radius 1 is 1.40 bits per heavy atom. The van der Waals surface area contributed by atoms with Crippen LogP contribution in [-0.4, -0.2) is 57.3 Å². The number of hydrogen-bond acceptors (Lipinski definition) is 5. The van der Waals surface area contributed by atoms with E-state index in [-0.39, 0.29) is 25.6 Å². The summed E-state index contributed by atoms with van der Waals surface area (Å²) >= 11 is 5.26. The molecule has 2 aromatic rings. The van der Waals surface area contributed by atoms with Crippen LogP contribution in [0.1, 0.15) is 5.56 Å². The van der Waals surface area contributed by atoms with Gasteiger partial charge in [0.05, 0.1) is 13.2 Å². The number of nitrogens with zero attached hydrogens (tertiary/aromatic N) is 3. The van der Waals surface area contributed by atoms with Crippen molar-refractivity contribution in [2.24, 2.45) is 5.73 Å². The Kier molecular flexibility index (Phi) is 4.95. The first-order valence-corrected chi connectivity index (χ1v) is 8.27. The molecular weight excluding hydrogens is 342 g/mol. The molecular formula is C16H19N5O3S. The number of benzene rings is 1. The highest BCUT2D eigenvalue weighted by atomic mass is 32.1. The van der Waals surface area contributed by atoms with Crippen molar-refractivity contribution in [3.05, 3.63) is 34.6 Å². The van der Waals surface area contributed by atoms with E-state index in [0.29, 0.717) is 17.1 Å². The van der Waals surface area contributed by atoms with Crippen molar-refractivity contribution in [1.82, 2.24) is 19.7 Å². The first-order chi connectivity index (χ1) is 12.0. The summed E-state index contributed by atoms with van der Waals surface area (Å²) < 4.78 is 7.28. The summed E-state index contributed by atoms with van der Waals surface area (Å²) in [7, 11) is 0. The number of nitrogens with two attached hydrogens (primary N) is 1. The Morgan fingerprint density at radius 2 is 2.12 bits per heavy atom. The number of nitrogens with one attached hydrogen (secondary N) is 1. The highest BCUT2D eigenvalue weighted by Crippen LogP contribution is 2.18. The van der Waals surface area contributed by atoms with E-state index in [1.165, 1.54) is 0 Å². The zero-order valence-corrected chi connectivity index (χ0v) is 14.6. The normalized spacial score (nSPS) is 17.5. The van der Waals surface area contributed by atoms with Crippen LogP contribution < -0.4 is 5.73 Å². The molecule has 1 saturated heterocycles. The van der Waals surface area contributed by atoms with Crippen molar-refractivity contribution in [2.75, 3.05) is 19.7 Å². The van der Waals surface area contributed by atoms with Crippen LogP contribution >= 0.6 is 12.2 Å². The molecule has 2 amide bonds. The molecule has 3 rings (SSSR count). The molecule has 2 heterocycles. The first-order valence-electron chi connectivity index (χ1n) is 7.86. The number of primary amides is 1. The summed E-state index contributed by atoms with van der Waals surface area (Å²) in [5.74, 6) is -0.142. The fourth-order valence-corrected chi connectivity index (χ4v) is 2.87. The number of H-pyrrole nitrogens is 1. The van der Waals surface area contributed by atoms with Gasteiger partial charge in [-0.3, -0.25) is 19.3 Å². The molecule has 132 valence electrons. The van der Waals surface area contributed by atoms with E-state index >= 15 is 0 Å². The number of rotatable bonds is 4. The number of ether oxygens (including phenoxy) is 1. The number of carbonyl (C=O) groups excluding carboxylic acids is 2. The third-order valence-corrected chi connectivity index (χ3v) is 4.41. The van der Waals surface area contributed by atoms with Gasteiger partial charge in [0.2, 0.25) is 11.8 Å². The zero-order valence-electron chi connectivity index (χ0n) is 13.8. The average Bonchev–Trinajstić information content (AvgIpc) is 2.96. The molecule has 0 radical (unpaired) electrons. The standard InChI is InChI=1S/C16H19N5O3S/c1-10-2-4-11(5-3-10)15-18-19-16(25)21(15)9-13(22)20-6-7-24-12(8-20)14(17)23/h2-5,12H,6-9H2,1H3,(H2,17,23)(H,19,25)/t12-/m0/s1. The van der Waals surface area contributed by atoms with Gasteiger partial charge < -0.3 is 15.4 Å². The van der Waals surface area contributed by atoms with Crippen molar-refractivity contribution in [1.29, 1.82) is 0 Å². The number of carbonyl (C=O) groups is 2. The average molecular weight is 361 g/mol. The molecule has 0 saturated carbocycles. The Hall–Kier alpha value is -2.52. The minimum absolute atomic E-state index is 0.0318. The second-order valence-corrected chi connectivity index (χ2v) is 6.29. The van der Waals surface area contributed by atoms with Crippen LogP contribution in [0.25, 0.3) is 11.4 Å². The van der Waals surface area contributed by atoms with Crippen molar-refractivity contribution in [2.45, 2.75) is 19.6 Å². The molecule has 1 fully saturated rings. The van der Waals surface area contributed by atoms with E-state index in [2.05, 4.69) is 10.2 Å². The van der Waals surface area contributed by atoms with Crippen LogP contribution in [0.3, 0.4) is 0 Å². The summed E-state index contributed by atoms with van der Waals surface area (Å²) in [5, 5.41) is 6.97. The van der Waals surface area contributed by atoms with Crippen LogP contribution in [0.15, 0.2) is 24.3 Å². The van der Waals surface area contributed by atoms with Gasteiger partial charge >= 0.3 is 0 Å². The van der Waals surface area contributed by atoms with E-state index in [0.717, 1.165) is 11.1 Å². The maximum Gasteiger partial charge on any atom is 0.248 e. The van der Waals surface area contributed by atoms with Crippen LogP contribution in [0.5, 0.6) is 0 Å². The summed E-state index contributed by atoms with van der Waals surface area (Å²) in [5.41, 5.74) is 7.26. The molecule has 1 atom stereocenters. The van der Waals surface area contributed by atoms with Gasteiger partial charge in [-0.2, -0.15) is 5.10 Å². The third-order valence-electron chi connectivity index (χ3n) is 4.10. The molecule has 3 N–H and O–H groups in total. The minimum atomic E-state index is -0.772. The van der Waals surface area contributed by atoms with Gasteiger partial charge in [-0.05, 0) is 19.1 Å². The van der Waals surface area contributed by atoms with E-state index in [9.17, 15) is 9.59 Å². The predicted molar refractivity (Wildman–Crippen MR) is 93.1 cm³/mol. The monoisotopic (exact) mass is 361 g/mol. The number of amides is 2. The quantitative estimate of drug-likeness (QED) is 0.777. The topological polar surface area (TPSA) is 106 Å². The largest absolute Gasteiger partial charge is 0.367 e. The molecule has 0 unspecified atom stereocenters. The van der Waals surface area contributed by atoms with Crippen LogP contribution in [0.4, 0.5) is 0 Å². The lowest BCUT2D eigenvalue weighted by Gasteiger charge is -2.31. The number of hydrogen-bond donors (Lipinski definition) is 2. The molecule has 0 bridgehead atoms. The SMILES string of the molecule is Cc1ccc(-c2n[nH]c(=S)n2CC(=O)N2CCO[C@H](C(N)=O)C2)cc1. The minimum Gasteiger partial charge on any atom is -0.367 e. The lowest BCUT2D eigenvalue weighted by atomic mass is 10.1. The summed E-state index contributed by atoms with van der Waals surface area (Å²) in [6, 6.07) is 7.80. The maximum absolute atomic E-state index is 12.6. The van der Waals surface area contributed by atoms with Gasteiger partial charge in [0, 0.05) is 12.1 Å². The lowest BCUT2D eigenvalue weighted by molar-refractivity contribution is -0.145. The van der Waals surface area contributed by atoms with Gasteiger partial charge in [0.1, 0.15) is 6.54 Å². The zero-order chi connectivity index (χ0) is 18.0. The molecule has 1 aliphatic heterocycles. The molecule has 9 heteroatoms. The van der Waals surface area contributed by atoms with Gasteiger partial charge in [0.15, 0.2) is 16.7 Å². The maximum atomic E-state index is 12.6. The van der Waals surface area contributed by atoms with Crippen molar-refractivity contribution in [3.63, 3.8) is 0 Å². The Morgan fingerprint density at radius 3 is 2.80 bits per heavy atom. The molecule has 25 heavy (non-hydrogen) atoms. The van der Waals surface area contributed by atoms with Crippen molar-refractivity contribution < 1.29 is 14.3 Å². The van der Waals surface area contributed by atoms with Gasteiger partial charge in [-0.15, -0.1) is 0 Å². The van der Waals surface area contributed by atoms with Crippen molar-refractivity contribution >= 4 is 24.0 Å². The molecule has 8 nitrogen and oxygen atoms in total. The number of aromatic amines is 1. The van der Waals surface area contributed by atoms with Gasteiger partial charge in [-0.25, -0.2) is 0 Å². The molecule has 0 aliphatic carbocycles.